The molecule has 0 spiro atoms. The zero-order valence-electron chi connectivity index (χ0n) is 18.0. The summed E-state index contributed by atoms with van der Waals surface area (Å²) in [5, 5.41) is 0. The van der Waals surface area contributed by atoms with Gasteiger partial charge in [0.05, 0.1) is 6.42 Å². The minimum absolute atomic E-state index is 0.00778. The van der Waals surface area contributed by atoms with Crippen LogP contribution in [0.3, 0.4) is 0 Å². The Kier molecular flexibility index (Phi) is 8.71. The van der Waals surface area contributed by atoms with Crippen molar-refractivity contribution in [3.63, 3.8) is 0 Å². The number of hydrogen-bond acceptors (Lipinski definition) is 11. The van der Waals surface area contributed by atoms with E-state index in [0.29, 0.717) is 0 Å². The average molecular weight is 452 g/mol. The molecule has 11 nitrogen and oxygen atoms in total. The van der Waals surface area contributed by atoms with Gasteiger partial charge >= 0.3 is 29.8 Å². The summed E-state index contributed by atoms with van der Waals surface area (Å²) in [5.74, 6) is -3.45. The molecule has 0 amide bonds. The fourth-order valence-electron chi connectivity index (χ4n) is 3.03. The number of para-hydroxylation sites is 1. The molecule has 1 aromatic carbocycles. The molecule has 32 heavy (non-hydrogen) atoms. The summed E-state index contributed by atoms with van der Waals surface area (Å²) in [5.41, 5.74) is -0.0334. The SMILES string of the molecule is CC(=O)OC[C@H]1O[C@H](OC(=O)c2ccccc2OC(C)=O)C[C@@H](OC(C)=O)[C@@H]1OC(C)=O. The first-order valence-electron chi connectivity index (χ1n) is 9.68. The number of hydrogen-bond donors (Lipinski definition) is 0. The first-order valence-corrected chi connectivity index (χ1v) is 9.68. The molecule has 0 saturated carbocycles. The second-order valence-corrected chi connectivity index (χ2v) is 6.86. The maximum absolute atomic E-state index is 12.7. The molecule has 1 heterocycles. The topological polar surface area (TPSA) is 141 Å². The van der Waals surface area contributed by atoms with E-state index in [1.807, 2.05) is 0 Å². The van der Waals surface area contributed by atoms with Crippen LogP contribution in [0.4, 0.5) is 0 Å². The molecular weight excluding hydrogens is 428 g/mol. The van der Waals surface area contributed by atoms with E-state index in [-0.39, 0.29) is 24.3 Å². The Morgan fingerprint density at radius 3 is 2.12 bits per heavy atom. The molecule has 0 bridgehead atoms. The number of esters is 5. The van der Waals surface area contributed by atoms with Gasteiger partial charge in [0.15, 0.2) is 6.10 Å². The molecule has 1 aromatic rings. The molecule has 0 aliphatic carbocycles. The summed E-state index contributed by atoms with van der Waals surface area (Å²) in [7, 11) is 0. The highest BCUT2D eigenvalue weighted by atomic mass is 16.7. The predicted octanol–water partition coefficient (Wildman–Crippen LogP) is 1.31. The van der Waals surface area contributed by atoms with Crippen LogP contribution in [-0.4, -0.2) is 61.1 Å². The Morgan fingerprint density at radius 2 is 1.53 bits per heavy atom. The van der Waals surface area contributed by atoms with Crippen molar-refractivity contribution in [2.45, 2.75) is 58.7 Å². The average Bonchev–Trinajstić information content (AvgIpc) is 2.67. The Morgan fingerprint density at radius 1 is 0.875 bits per heavy atom. The third-order valence-corrected chi connectivity index (χ3v) is 4.15. The Labute approximate surface area is 183 Å². The van der Waals surface area contributed by atoms with E-state index in [4.69, 9.17) is 28.4 Å². The van der Waals surface area contributed by atoms with Gasteiger partial charge in [-0.05, 0) is 12.1 Å². The van der Waals surface area contributed by atoms with E-state index in [0.717, 1.165) is 13.8 Å². The number of carbonyl (C=O) groups excluding carboxylic acids is 5. The Hall–Kier alpha value is -3.47. The van der Waals surface area contributed by atoms with Crippen molar-refractivity contribution < 1.29 is 52.4 Å². The van der Waals surface area contributed by atoms with Gasteiger partial charge in [0.2, 0.25) is 6.29 Å². The highest BCUT2D eigenvalue weighted by molar-refractivity contribution is 5.93. The second kappa shape index (κ2) is 11.2. The van der Waals surface area contributed by atoms with E-state index in [2.05, 4.69) is 0 Å². The summed E-state index contributed by atoms with van der Waals surface area (Å²) in [6.07, 6.45) is -4.62. The summed E-state index contributed by atoms with van der Waals surface area (Å²) >= 11 is 0. The first-order chi connectivity index (χ1) is 15.1. The summed E-state index contributed by atoms with van der Waals surface area (Å²) in [4.78, 5) is 58.4. The van der Waals surface area contributed by atoms with Crippen LogP contribution in [-0.2, 0) is 42.9 Å². The van der Waals surface area contributed by atoms with E-state index in [1.54, 1.807) is 12.1 Å². The van der Waals surface area contributed by atoms with E-state index in [9.17, 15) is 24.0 Å². The van der Waals surface area contributed by atoms with Crippen molar-refractivity contribution in [1.29, 1.82) is 0 Å². The zero-order valence-corrected chi connectivity index (χ0v) is 18.0. The van der Waals surface area contributed by atoms with Crippen LogP contribution in [0, 0.1) is 0 Å². The van der Waals surface area contributed by atoms with E-state index >= 15 is 0 Å². The van der Waals surface area contributed by atoms with Crippen LogP contribution in [0.5, 0.6) is 5.75 Å². The summed E-state index contributed by atoms with van der Waals surface area (Å²) in [6, 6.07) is 5.93. The van der Waals surface area contributed by atoms with Crippen LogP contribution in [0.15, 0.2) is 24.3 Å². The minimum Gasteiger partial charge on any atom is -0.463 e. The standard InChI is InChI=1S/C21H24O11/c1-11(22)27-10-18-20(30-14(4)25)17(29-13(3)24)9-19(31-18)32-21(26)15-7-5-6-8-16(15)28-12(2)23/h5-8,17-20H,9-10H2,1-4H3/t17-,18-,19-,20+/m1/s1. The molecule has 11 heteroatoms. The van der Waals surface area contributed by atoms with Crippen molar-refractivity contribution in [1.82, 2.24) is 0 Å². The third kappa shape index (κ3) is 7.34. The minimum atomic E-state index is -1.25. The Bertz CT molecular complexity index is 878. The van der Waals surface area contributed by atoms with Crippen LogP contribution in [0.25, 0.3) is 0 Å². The molecule has 0 N–H and O–H groups in total. The fraction of sp³-hybridized carbons (Fsp3) is 0.476. The lowest BCUT2D eigenvalue weighted by Gasteiger charge is -2.39. The van der Waals surface area contributed by atoms with E-state index < -0.39 is 54.4 Å². The van der Waals surface area contributed by atoms with Crippen molar-refractivity contribution in [2.24, 2.45) is 0 Å². The van der Waals surface area contributed by atoms with Gasteiger partial charge < -0.3 is 28.4 Å². The lowest BCUT2D eigenvalue weighted by molar-refractivity contribution is -0.252. The van der Waals surface area contributed by atoms with Crippen LogP contribution in [0.1, 0.15) is 44.5 Å². The predicted molar refractivity (Wildman–Crippen MR) is 104 cm³/mol. The number of benzene rings is 1. The number of rotatable bonds is 7. The van der Waals surface area contributed by atoms with Crippen molar-refractivity contribution in [3.05, 3.63) is 29.8 Å². The third-order valence-electron chi connectivity index (χ3n) is 4.15. The van der Waals surface area contributed by atoms with Gasteiger partial charge in [-0.2, -0.15) is 0 Å². The fourth-order valence-corrected chi connectivity index (χ4v) is 3.03. The van der Waals surface area contributed by atoms with Crippen molar-refractivity contribution in [2.75, 3.05) is 6.61 Å². The molecule has 1 aliphatic rings. The molecule has 174 valence electrons. The van der Waals surface area contributed by atoms with Gasteiger partial charge in [0, 0.05) is 27.7 Å². The molecule has 4 atom stereocenters. The Balaban J connectivity index is 2.24. The maximum Gasteiger partial charge on any atom is 0.344 e. The number of ether oxygens (including phenoxy) is 6. The van der Waals surface area contributed by atoms with Crippen LogP contribution in [0.2, 0.25) is 0 Å². The van der Waals surface area contributed by atoms with Gasteiger partial charge in [-0.1, -0.05) is 12.1 Å². The molecular formula is C21H24O11. The maximum atomic E-state index is 12.7. The van der Waals surface area contributed by atoms with Crippen molar-refractivity contribution in [3.8, 4) is 5.75 Å². The molecule has 1 fully saturated rings. The smallest absolute Gasteiger partial charge is 0.344 e. The quantitative estimate of drug-likeness (QED) is 0.336. The lowest BCUT2D eigenvalue weighted by Crippen LogP contribution is -2.54. The number of carbonyl (C=O) groups is 5. The normalized spacial score (nSPS) is 22.2. The largest absolute Gasteiger partial charge is 0.463 e. The van der Waals surface area contributed by atoms with Gasteiger partial charge in [-0.25, -0.2) is 4.79 Å². The molecule has 0 unspecified atom stereocenters. The monoisotopic (exact) mass is 452 g/mol. The molecule has 1 saturated heterocycles. The van der Waals surface area contributed by atoms with Crippen molar-refractivity contribution >= 4 is 29.8 Å². The second-order valence-electron chi connectivity index (χ2n) is 6.86. The van der Waals surface area contributed by atoms with E-state index in [1.165, 1.54) is 26.0 Å². The van der Waals surface area contributed by atoms with Gasteiger partial charge in [-0.3, -0.25) is 19.2 Å². The lowest BCUT2D eigenvalue weighted by atomic mass is 10.0. The molecule has 0 radical (unpaired) electrons. The summed E-state index contributed by atoms with van der Waals surface area (Å²) < 4.78 is 31.5. The first kappa shape index (κ1) is 24.8. The molecule has 2 rings (SSSR count). The summed E-state index contributed by atoms with van der Waals surface area (Å²) in [6.45, 7) is 4.34. The zero-order chi connectivity index (χ0) is 23.8. The van der Waals surface area contributed by atoms with Gasteiger partial charge in [0.25, 0.3) is 0 Å². The van der Waals surface area contributed by atoms with Crippen LogP contribution >= 0.6 is 0 Å². The molecule has 0 aromatic heterocycles. The highest BCUT2D eigenvalue weighted by Gasteiger charge is 2.45. The van der Waals surface area contributed by atoms with Crippen LogP contribution < -0.4 is 4.74 Å². The highest BCUT2D eigenvalue weighted by Crippen LogP contribution is 2.28. The van der Waals surface area contributed by atoms with Gasteiger partial charge in [0.1, 0.15) is 30.1 Å². The molecule has 1 aliphatic heterocycles. The van der Waals surface area contributed by atoms with Gasteiger partial charge in [-0.15, -0.1) is 0 Å².